The Balaban J connectivity index is 0.00000217. The second kappa shape index (κ2) is 18.3. The average Bonchev–Trinajstić information content (AvgIpc) is 2.92. The first-order valence-electron chi connectivity index (χ1n) is 13.7. The van der Waals surface area contributed by atoms with E-state index in [1.165, 1.54) is 18.9 Å². The highest BCUT2D eigenvalue weighted by molar-refractivity contribution is 7.59. The fourth-order valence-electron chi connectivity index (χ4n) is 4.49. The van der Waals surface area contributed by atoms with Crippen LogP contribution in [0.25, 0.3) is 0 Å². The first kappa shape index (κ1) is 36.7. The third-order valence-electron chi connectivity index (χ3n) is 6.58. The van der Waals surface area contributed by atoms with Crippen LogP contribution in [-0.2, 0) is 41.0 Å². The number of nitrogens with zero attached hydrogens (tertiary/aromatic N) is 1. The maximum Gasteiger partial charge on any atom is 0.425 e. The summed E-state index contributed by atoms with van der Waals surface area (Å²) < 4.78 is 25.3. The Labute approximate surface area is 252 Å². The Morgan fingerprint density at radius 1 is 0.953 bits per heavy atom. The Morgan fingerprint density at radius 2 is 1.53 bits per heavy atom. The SMILES string of the molecule is CC1NC(=O)CNC(=O)C(CCCCC(=N)N)NC(=O)C(C(C)C)N(C)C(=O)C(Cc2ccccc2)NC1=O.O=S(=O)=O. The highest BCUT2D eigenvalue weighted by Crippen LogP contribution is 2.15. The highest BCUT2D eigenvalue weighted by atomic mass is 32.2. The van der Waals surface area contributed by atoms with Gasteiger partial charge >= 0.3 is 10.6 Å². The standard InChI is InChI=1S/C27H41N7O5.O3S/c1-16(2)23-26(38)32-19(12-8-9-13-21(28)29)25(37)30-15-22(35)31-17(3)24(36)33-20(27(39)34(23)4)14-18-10-6-5-7-11-18;1-4(2)3/h5-7,10-11,16-17,19-20,23H,8-9,12-15H2,1-4H3,(H3,28,29)(H,30,37)(H,31,35)(H,32,38)(H,33,36);. The predicted molar refractivity (Wildman–Crippen MR) is 156 cm³/mol. The van der Waals surface area contributed by atoms with Gasteiger partial charge in [-0.05, 0) is 31.2 Å². The fourth-order valence-corrected chi connectivity index (χ4v) is 4.49. The third-order valence-corrected chi connectivity index (χ3v) is 6.58. The van der Waals surface area contributed by atoms with Crippen molar-refractivity contribution in [2.45, 2.75) is 77.0 Å². The molecule has 0 bridgehead atoms. The van der Waals surface area contributed by atoms with Crippen LogP contribution in [0.5, 0.6) is 0 Å². The van der Waals surface area contributed by atoms with Crippen LogP contribution in [0.15, 0.2) is 30.3 Å². The molecule has 15 nitrogen and oxygen atoms in total. The van der Waals surface area contributed by atoms with Crippen LogP contribution in [-0.4, -0.2) is 90.7 Å². The van der Waals surface area contributed by atoms with Crippen molar-refractivity contribution in [3.8, 4) is 0 Å². The van der Waals surface area contributed by atoms with Crippen molar-refractivity contribution in [2.24, 2.45) is 11.7 Å². The topological polar surface area (TPSA) is 238 Å². The monoisotopic (exact) mass is 623 g/mol. The predicted octanol–water partition coefficient (Wildman–Crippen LogP) is -1.19. The molecule has 0 spiro atoms. The zero-order valence-corrected chi connectivity index (χ0v) is 25.5. The number of rotatable bonds is 8. The van der Waals surface area contributed by atoms with E-state index in [2.05, 4.69) is 21.3 Å². The molecule has 43 heavy (non-hydrogen) atoms. The van der Waals surface area contributed by atoms with E-state index in [1.54, 1.807) is 13.8 Å². The lowest BCUT2D eigenvalue weighted by molar-refractivity contribution is -0.144. The van der Waals surface area contributed by atoms with Gasteiger partial charge in [-0.3, -0.25) is 29.4 Å². The molecule has 1 saturated heterocycles. The van der Waals surface area contributed by atoms with E-state index in [-0.39, 0.29) is 24.6 Å². The van der Waals surface area contributed by atoms with Crippen LogP contribution >= 0.6 is 0 Å². The molecule has 238 valence electrons. The van der Waals surface area contributed by atoms with Gasteiger partial charge in [-0.1, -0.05) is 50.6 Å². The number of nitrogens with two attached hydrogens (primary N) is 1. The van der Waals surface area contributed by atoms with Gasteiger partial charge in [0.2, 0.25) is 29.5 Å². The molecule has 1 aliphatic rings. The van der Waals surface area contributed by atoms with Gasteiger partial charge < -0.3 is 31.9 Å². The summed E-state index contributed by atoms with van der Waals surface area (Å²) in [5.41, 5.74) is 6.23. The summed E-state index contributed by atoms with van der Waals surface area (Å²) >= 11 is 0. The Kier molecular flexibility index (Phi) is 15.6. The first-order chi connectivity index (χ1) is 20.1. The maximum absolute atomic E-state index is 13.7. The lowest BCUT2D eigenvalue weighted by Gasteiger charge is -2.34. The molecule has 1 aromatic rings. The molecule has 5 amide bonds. The number of hydrogen-bond donors (Lipinski definition) is 6. The van der Waals surface area contributed by atoms with Gasteiger partial charge in [0.25, 0.3) is 0 Å². The van der Waals surface area contributed by atoms with Gasteiger partial charge in [-0.25, -0.2) is 0 Å². The summed E-state index contributed by atoms with van der Waals surface area (Å²) in [6.07, 6.45) is 1.84. The second-order valence-electron chi connectivity index (χ2n) is 10.4. The molecule has 1 fully saturated rings. The molecule has 1 aliphatic heterocycles. The van der Waals surface area contributed by atoms with E-state index in [1.807, 2.05) is 30.3 Å². The Hall–Kier alpha value is -4.34. The fraction of sp³-hybridized carbons (Fsp3) is 0.556. The summed E-state index contributed by atoms with van der Waals surface area (Å²) in [6, 6.07) is 5.30. The van der Waals surface area contributed by atoms with Gasteiger partial charge in [0.05, 0.1) is 12.4 Å². The number of unbranched alkanes of at least 4 members (excludes halogenated alkanes) is 1. The van der Waals surface area contributed by atoms with Crippen LogP contribution < -0.4 is 27.0 Å². The molecule has 2 rings (SSSR count). The van der Waals surface area contributed by atoms with E-state index in [4.69, 9.17) is 23.8 Å². The minimum absolute atomic E-state index is 0.0320. The Morgan fingerprint density at radius 3 is 2.09 bits per heavy atom. The molecule has 16 heteroatoms. The summed E-state index contributed by atoms with van der Waals surface area (Å²) in [4.78, 5) is 66.9. The number of carbonyl (C=O) groups is 5. The van der Waals surface area contributed by atoms with E-state index >= 15 is 0 Å². The van der Waals surface area contributed by atoms with E-state index in [9.17, 15) is 24.0 Å². The number of benzene rings is 1. The van der Waals surface area contributed by atoms with E-state index < -0.39 is 70.9 Å². The molecule has 4 unspecified atom stereocenters. The van der Waals surface area contributed by atoms with Gasteiger partial charge in [-0.15, -0.1) is 12.6 Å². The zero-order chi connectivity index (χ0) is 32.7. The lowest BCUT2D eigenvalue weighted by atomic mass is 9.98. The van der Waals surface area contributed by atoms with Crippen molar-refractivity contribution in [1.82, 2.24) is 26.2 Å². The number of hydrogen-bond acceptors (Lipinski definition) is 9. The largest absolute Gasteiger partial charge is 0.425 e. The summed E-state index contributed by atoms with van der Waals surface area (Å²) in [7, 11) is -1.61. The van der Waals surface area contributed by atoms with Crippen molar-refractivity contribution >= 4 is 46.0 Å². The molecule has 1 heterocycles. The third kappa shape index (κ3) is 13.5. The smallest absolute Gasteiger partial charge is 0.388 e. The zero-order valence-electron chi connectivity index (χ0n) is 24.7. The van der Waals surface area contributed by atoms with Crippen LogP contribution in [0.2, 0.25) is 0 Å². The molecular formula is C27H41N7O8S. The first-order valence-corrected chi connectivity index (χ1v) is 14.7. The van der Waals surface area contributed by atoms with Crippen molar-refractivity contribution in [3.05, 3.63) is 35.9 Å². The molecule has 0 radical (unpaired) electrons. The van der Waals surface area contributed by atoms with Crippen molar-refractivity contribution in [1.29, 1.82) is 5.41 Å². The van der Waals surface area contributed by atoms with Crippen LogP contribution in [0.1, 0.15) is 52.0 Å². The number of carbonyl (C=O) groups excluding carboxylic acids is 5. The molecular weight excluding hydrogens is 582 g/mol. The molecule has 0 aromatic heterocycles. The van der Waals surface area contributed by atoms with Gasteiger partial charge in [0, 0.05) is 19.9 Å². The lowest BCUT2D eigenvalue weighted by Crippen LogP contribution is -2.59. The quantitative estimate of drug-likeness (QED) is 0.116. The summed E-state index contributed by atoms with van der Waals surface area (Å²) in [5.74, 6) is -3.00. The molecule has 4 atom stereocenters. The summed E-state index contributed by atoms with van der Waals surface area (Å²) in [6.45, 7) is 4.68. The van der Waals surface area contributed by atoms with Crippen molar-refractivity contribution < 1.29 is 36.6 Å². The number of likely N-dealkylation sites (N-methyl/N-ethyl adjacent to an activating group) is 1. The minimum Gasteiger partial charge on any atom is -0.388 e. The molecule has 1 aromatic carbocycles. The number of amides is 5. The minimum atomic E-state index is -3.11. The highest BCUT2D eigenvalue weighted by Gasteiger charge is 2.36. The van der Waals surface area contributed by atoms with Crippen LogP contribution in [0.4, 0.5) is 0 Å². The van der Waals surface area contributed by atoms with Crippen molar-refractivity contribution in [3.63, 3.8) is 0 Å². The van der Waals surface area contributed by atoms with Gasteiger partial charge in [0.15, 0.2) is 0 Å². The molecule has 0 aliphatic carbocycles. The maximum atomic E-state index is 13.7. The van der Waals surface area contributed by atoms with E-state index in [0.29, 0.717) is 19.3 Å². The van der Waals surface area contributed by atoms with Crippen molar-refractivity contribution in [2.75, 3.05) is 13.6 Å². The van der Waals surface area contributed by atoms with Gasteiger partial charge in [0.1, 0.15) is 24.2 Å². The molecule has 7 N–H and O–H groups in total. The van der Waals surface area contributed by atoms with E-state index in [0.717, 1.165) is 5.56 Å². The summed E-state index contributed by atoms with van der Waals surface area (Å²) in [5, 5.41) is 17.9. The average molecular weight is 624 g/mol. The van der Waals surface area contributed by atoms with Crippen LogP contribution in [0.3, 0.4) is 0 Å². The van der Waals surface area contributed by atoms with Crippen LogP contribution in [0, 0.1) is 11.3 Å². The number of amidine groups is 1. The Bertz CT molecular complexity index is 1250. The second-order valence-corrected chi connectivity index (χ2v) is 10.8. The number of nitrogens with one attached hydrogen (secondary N) is 5. The molecule has 0 saturated carbocycles. The normalized spacial score (nSPS) is 22.1. The van der Waals surface area contributed by atoms with Gasteiger partial charge in [-0.2, -0.15) is 0 Å².